The molecule has 1 rings (SSSR count). The van der Waals surface area contributed by atoms with E-state index in [0.717, 1.165) is 6.26 Å². The zero-order valence-corrected chi connectivity index (χ0v) is 10.0. The highest BCUT2D eigenvalue weighted by molar-refractivity contribution is 7.90. The maximum absolute atomic E-state index is 11.1. The van der Waals surface area contributed by atoms with Crippen LogP contribution in [0.4, 0.5) is 0 Å². The number of aliphatic hydroxyl groups excluding tert-OH is 1. The van der Waals surface area contributed by atoms with E-state index >= 15 is 0 Å². The standard InChI is InChI=1S/C8H11NO5S2/c1-16(13,14)7-4-2-6(3-5-7)8(10)9-15(11)12/h2-5,8,10,15H,1H3,(H,9,11,12). The Balaban J connectivity index is 2.95. The summed E-state index contributed by atoms with van der Waals surface area (Å²) in [6, 6.07) is 5.28. The van der Waals surface area contributed by atoms with Gasteiger partial charge in [0.1, 0.15) is 6.23 Å². The summed E-state index contributed by atoms with van der Waals surface area (Å²) in [5, 5.41) is 9.34. The van der Waals surface area contributed by atoms with Crippen molar-refractivity contribution in [3.05, 3.63) is 29.8 Å². The lowest BCUT2D eigenvalue weighted by molar-refractivity contribution is 0.167. The SMILES string of the molecule is CS(=O)(=O)c1ccc(C(O)N[SH](=O)=O)cc1. The van der Waals surface area contributed by atoms with Crippen LogP contribution < -0.4 is 4.72 Å². The highest BCUT2D eigenvalue weighted by Crippen LogP contribution is 2.14. The van der Waals surface area contributed by atoms with Crippen molar-refractivity contribution in [3.63, 3.8) is 0 Å². The predicted molar refractivity (Wildman–Crippen MR) is 58.0 cm³/mol. The predicted octanol–water partition coefficient (Wildman–Crippen LogP) is -0.803. The van der Waals surface area contributed by atoms with Gasteiger partial charge in [0.2, 0.25) is 10.9 Å². The molecule has 1 atom stereocenters. The van der Waals surface area contributed by atoms with Gasteiger partial charge in [0, 0.05) is 6.26 Å². The highest BCUT2D eigenvalue weighted by Gasteiger charge is 2.10. The lowest BCUT2D eigenvalue weighted by atomic mass is 10.2. The van der Waals surface area contributed by atoms with E-state index in [9.17, 15) is 21.9 Å². The van der Waals surface area contributed by atoms with Gasteiger partial charge >= 0.3 is 0 Å². The number of benzene rings is 1. The van der Waals surface area contributed by atoms with Crippen molar-refractivity contribution in [2.24, 2.45) is 0 Å². The summed E-state index contributed by atoms with van der Waals surface area (Å²) in [7, 11) is -6.20. The molecule has 0 fully saturated rings. The van der Waals surface area contributed by atoms with E-state index in [2.05, 4.69) is 0 Å². The van der Waals surface area contributed by atoms with Crippen molar-refractivity contribution in [3.8, 4) is 0 Å². The second kappa shape index (κ2) is 4.91. The Labute approximate surface area is 94.9 Å². The Morgan fingerprint density at radius 2 is 1.75 bits per heavy atom. The van der Waals surface area contributed by atoms with Gasteiger partial charge in [-0.1, -0.05) is 12.1 Å². The van der Waals surface area contributed by atoms with Crippen molar-refractivity contribution < 1.29 is 21.9 Å². The van der Waals surface area contributed by atoms with E-state index in [4.69, 9.17) is 0 Å². The summed E-state index contributed by atoms with van der Waals surface area (Å²) in [4.78, 5) is 0.106. The van der Waals surface area contributed by atoms with Gasteiger partial charge < -0.3 is 5.11 Å². The van der Waals surface area contributed by atoms with Crippen molar-refractivity contribution in [2.45, 2.75) is 11.1 Å². The van der Waals surface area contributed by atoms with Crippen molar-refractivity contribution in [1.29, 1.82) is 0 Å². The van der Waals surface area contributed by atoms with Crippen LogP contribution in [0, 0.1) is 0 Å². The molecule has 1 aromatic carbocycles. The van der Waals surface area contributed by atoms with Crippen LogP contribution in [0.15, 0.2) is 29.2 Å². The molecule has 0 saturated carbocycles. The molecule has 1 unspecified atom stereocenters. The molecule has 1 aromatic rings. The molecule has 0 spiro atoms. The molecular formula is C8H11NO5S2. The first-order valence-electron chi connectivity index (χ1n) is 4.19. The molecule has 2 N–H and O–H groups in total. The third-order valence-corrected chi connectivity index (χ3v) is 3.44. The molecule has 0 aromatic heterocycles. The van der Waals surface area contributed by atoms with Crippen molar-refractivity contribution >= 4 is 20.7 Å². The minimum absolute atomic E-state index is 0.106. The third-order valence-electron chi connectivity index (χ3n) is 1.85. The molecule has 16 heavy (non-hydrogen) atoms. The van der Waals surface area contributed by atoms with Gasteiger partial charge in [-0.15, -0.1) is 0 Å². The number of sulfone groups is 1. The van der Waals surface area contributed by atoms with Crippen molar-refractivity contribution in [1.82, 2.24) is 4.72 Å². The average molecular weight is 265 g/mol. The summed E-state index contributed by atoms with van der Waals surface area (Å²) in [6.07, 6.45) is -0.305. The monoisotopic (exact) mass is 265 g/mol. The number of nitrogens with one attached hydrogen (secondary N) is 1. The average Bonchev–Trinajstić information content (AvgIpc) is 2.15. The molecule has 0 aliphatic rings. The summed E-state index contributed by atoms with van der Waals surface area (Å²) < 4.78 is 44.7. The van der Waals surface area contributed by atoms with Gasteiger partial charge in [-0.2, -0.15) is 4.72 Å². The fourth-order valence-corrected chi connectivity index (χ4v) is 2.05. The fourth-order valence-electron chi connectivity index (χ4n) is 1.07. The number of hydrogen-bond donors (Lipinski definition) is 3. The quantitative estimate of drug-likeness (QED) is 0.488. The van der Waals surface area contributed by atoms with Crippen LogP contribution in [-0.4, -0.2) is 28.2 Å². The molecule has 0 radical (unpaired) electrons. The van der Waals surface area contributed by atoms with Gasteiger partial charge in [-0.05, 0) is 17.7 Å². The van der Waals surface area contributed by atoms with E-state index in [1.807, 2.05) is 4.72 Å². The molecule has 0 amide bonds. The lowest BCUT2D eigenvalue weighted by Gasteiger charge is -2.08. The van der Waals surface area contributed by atoms with E-state index < -0.39 is 27.0 Å². The Morgan fingerprint density at radius 3 is 2.12 bits per heavy atom. The van der Waals surface area contributed by atoms with Crippen LogP contribution >= 0.6 is 0 Å². The number of thiol groups is 1. The Kier molecular flexibility index (Phi) is 4.03. The summed E-state index contributed by atoms with van der Waals surface area (Å²) in [5.41, 5.74) is 0.270. The number of hydrogen-bond acceptors (Lipinski definition) is 5. The first-order valence-corrected chi connectivity index (χ1v) is 7.26. The van der Waals surface area contributed by atoms with E-state index in [1.54, 1.807) is 0 Å². The van der Waals surface area contributed by atoms with Crippen LogP contribution in [-0.2, 0) is 20.7 Å². The minimum atomic E-state index is -3.29. The summed E-state index contributed by atoms with van der Waals surface area (Å²) in [5.74, 6) is 0. The van der Waals surface area contributed by atoms with Crippen LogP contribution in [0.5, 0.6) is 0 Å². The molecule has 0 bridgehead atoms. The van der Waals surface area contributed by atoms with Gasteiger partial charge in [-0.3, -0.25) is 0 Å². The maximum atomic E-state index is 11.1. The van der Waals surface area contributed by atoms with Gasteiger partial charge in [0.05, 0.1) is 4.90 Å². The number of aliphatic hydroxyl groups is 1. The van der Waals surface area contributed by atoms with Crippen molar-refractivity contribution in [2.75, 3.05) is 6.26 Å². The molecular weight excluding hydrogens is 254 g/mol. The molecule has 0 heterocycles. The molecule has 0 aliphatic carbocycles. The highest BCUT2D eigenvalue weighted by atomic mass is 32.2. The lowest BCUT2D eigenvalue weighted by Crippen LogP contribution is -2.18. The normalized spacial score (nSPS) is 13.9. The maximum Gasteiger partial charge on any atom is 0.203 e. The Morgan fingerprint density at radius 1 is 1.25 bits per heavy atom. The molecule has 6 nitrogen and oxygen atoms in total. The second-order valence-electron chi connectivity index (χ2n) is 3.13. The smallest absolute Gasteiger partial charge is 0.203 e. The Hall–Kier alpha value is -0.960. The van der Waals surface area contributed by atoms with Gasteiger partial charge in [0.25, 0.3) is 0 Å². The first-order chi connectivity index (χ1) is 7.30. The molecule has 0 saturated heterocycles. The van der Waals surface area contributed by atoms with Gasteiger partial charge in [0.15, 0.2) is 9.84 Å². The van der Waals surface area contributed by atoms with E-state index in [-0.39, 0.29) is 10.5 Å². The summed E-state index contributed by atoms with van der Waals surface area (Å²) >= 11 is 0. The topological polar surface area (TPSA) is 101 Å². The fraction of sp³-hybridized carbons (Fsp3) is 0.250. The van der Waals surface area contributed by atoms with E-state index in [0.29, 0.717) is 0 Å². The zero-order valence-electron chi connectivity index (χ0n) is 8.32. The third kappa shape index (κ3) is 3.56. The van der Waals surface area contributed by atoms with Crippen LogP contribution in [0.2, 0.25) is 0 Å². The molecule has 90 valence electrons. The van der Waals surface area contributed by atoms with E-state index in [1.165, 1.54) is 24.3 Å². The largest absolute Gasteiger partial charge is 0.373 e. The van der Waals surface area contributed by atoms with Crippen LogP contribution in [0.25, 0.3) is 0 Å². The van der Waals surface area contributed by atoms with Crippen LogP contribution in [0.1, 0.15) is 11.8 Å². The Bertz CT molecular complexity index is 524. The zero-order chi connectivity index (χ0) is 12.3. The molecule has 0 aliphatic heterocycles. The van der Waals surface area contributed by atoms with Crippen LogP contribution in [0.3, 0.4) is 0 Å². The summed E-state index contributed by atoms with van der Waals surface area (Å²) in [6.45, 7) is 0. The minimum Gasteiger partial charge on any atom is -0.373 e. The first kappa shape index (κ1) is 13.1. The number of rotatable bonds is 4. The second-order valence-corrected chi connectivity index (χ2v) is 5.92. The molecule has 8 heteroatoms. The van der Waals surface area contributed by atoms with Gasteiger partial charge in [-0.25, -0.2) is 16.8 Å².